The number of likely N-dealkylation sites (tertiary alicyclic amines) is 1. The minimum atomic E-state index is -4.73. The molecule has 0 N–H and O–H groups in total. The van der Waals surface area contributed by atoms with Crippen molar-refractivity contribution < 1.29 is 22.4 Å². The largest absolute Gasteiger partial charge is 0.463 e. The minimum absolute atomic E-state index is 0.0316. The molecular formula is C18H16ClF3N4O2. The summed E-state index contributed by atoms with van der Waals surface area (Å²) in [6.45, 7) is 2.41. The molecule has 1 aliphatic rings. The van der Waals surface area contributed by atoms with Crippen LogP contribution in [0, 0.1) is 0 Å². The normalized spacial score (nSPS) is 18.0. The molecule has 0 radical (unpaired) electrons. The van der Waals surface area contributed by atoms with Crippen LogP contribution in [0.1, 0.15) is 42.4 Å². The summed E-state index contributed by atoms with van der Waals surface area (Å²) in [6.07, 6.45) is -0.743. The number of hydrogen-bond donors (Lipinski definition) is 0. The number of alkyl halides is 3. The van der Waals surface area contributed by atoms with E-state index in [-0.39, 0.29) is 33.9 Å². The van der Waals surface area contributed by atoms with E-state index in [1.165, 1.54) is 12.3 Å². The van der Waals surface area contributed by atoms with Gasteiger partial charge in [0.05, 0.1) is 6.26 Å². The fourth-order valence-electron chi connectivity index (χ4n) is 3.42. The molecule has 0 spiro atoms. The highest BCUT2D eigenvalue weighted by Crippen LogP contribution is 2.35. The van der Waals surface area contributed by atoms with Gasteiger partial charge < -0.3 is 9.32 Å². The fourth-order valence-corrected chi connectivity index (χ4v) is 3.66. The van der Waals surface area contributed by atoms with E-state index >= 15 is 0 Å². The molecule has 1 fully saturated rings. The number of hydrogen-bond acceptors (Lipinski definition) is 4. The molecule has 1 atom stereocenters. The SMILES string of the molecule is CC1CCCCN1C(=O)c1nn2c(C(F)(F)F)cc(-c3ccco3)nc2c1Cl. The first-order valence-electron chi connectivity index (χ1n) is 8.78. The molecule has 0 bridgehead atoms. The zero-order valence-corrected chi connectivity index (χ0v) is 15.6. The number of amides is 1. The van der Waals surface area contributed by atoms with Crippen molar-refractivity contribution in [1.82, 2.24) is 19.5 Å². The number of carbonyl (C=O) groups is 1. The zero-order chi connectivity index (χ0) is 20.1. The van der Waals surface area contributed by atoms with Crippen LogP contribution in [0.15, 0.2) is 28.9 Å². The van der Waals surface area contributed by atoms with Gasteiger partial charge in [0.2, 0.25) is 0 Å². The second-order valence-corrected chi connectivity index (χ2v) is 7.12. The van der Waals surface area contributed by atoms with Crippen molar-refractivity contribution in [2.24, 2.45) is 0 Å². The first-order chi connectivity index (χ1) is 13.3. The van der Waals surface area contributed by atoms with E-state index in [4.69, 9.17) is 16.0 Å². The number of fused-ring (bicyclic) bond motifs is 1. The van der Waals surface area contributed by atoms with Gasteiger partial charge in [0.15, 0.2) is 22.8 Å². The van der Waals surface area contributed by atoms with Gasteiger partial charge in [0, 0.05) is 12.6 Å². The average molecular weight is 413 g/mol. The van der Waals surface area contributed by atoms with Crippen molar-refractivity contribution in [3.8, 4) is 11.5 Å². The van der Waals surface area contributed by atoms with E-state index < -0.39 is 17.8 Å². The number of furan rings is 1. The van der Waals surface area contributed by atoms with E-state index in [0.29, 0.717) is 11.1 Å². The average Bonchev–Trinajstić information content (AvgIpc) is 3.29. The molecule has 28 heavy (non-hydrogen) atoms. The number of piperidine rings is 1. The smallest absolute Gasteiger partial charge is 0.433 e. The predicted molar refractivity (Wildman–Crippen MR) is 95.1 cm³/mol. The van der Waals surface area contributed by atoms with Crippen molar-refractivity contribution in [3.63, 3.8) is 0 Å². The number of rotatable bonds is 2. The Bertz CT molecular complexity index is 1030. The molecule has 0 saturated carbocycles. The maximum Gasteiger partial charge on any atom is 0.433 e. The van der Waals surface area contributed by atoms with Crippen LogP contribution in [0.4, 0.5) is 13.2 Å². The van der Waals surface area contributed by atoms with Crippen LogP contribution < -0.4 is 0 Å². The molecule has 3 aromatic rings. The summed E-state index contributed by atoms with van der Waals surface area (Å²) in [6, 6.07) is 3.83. The van der Waals surface area contributed by atoms with Gasteiger partial charge in [-0.2, -0.15) is 18.3 Å². The number of aromatic nitrogens is 3. The molecule has 1 saturated heterocycles. The third-order valence-electron chi connectivity index (χ3n) is 4.86. The van der Waals surface area contributed by atoms with Crippen molar-refractivity contribution in [2.45, 2.75) is 38.4 Å². The lowest BCUT2D eigenvalue weighted by Crippen LogP contribution is -2.42. The molecule has 1 unspecified atom stereocenters. The van der Waals surface area contributed by atoms with Crippen LogP contribution in [-0.4, -0.2) is 38.0 Å². The summed E-state index contributed by atoms with van der Waals surface area (Å²) in [7, 11) is 0. The van der Waals surface area contributed by atoms with Crippen LogP contribution in [0.2, 0.25) is 5.02 Å². The van der Waals surface area contributed by atoms with Gasteiger partial charge in [0.1, 0.15) is 10.7 Å². The molecule has 4 rings (SSSR count). The topological polar surface area (TPSA) is 63.6 Å². The first-order valence-corrected chi connectivity index (χ1v) is 9.16. The zero-order valence-electron chi connectivity index (χ0n) is 14.8. The Balaban J connectivity index is 1.88. The van der Waals surface area contributed by atoms with E-state index in [1.807, 2.05) is 6.92 Å². The molecule has 148 valence electrons. The highest BCUT2D eigenvalue weighted by atomic mass is 35.5. The van der Waals surface area contributed by atoms with Gasteiger partial charge in [-0.15, -0.1) is 0 Å². The van der Waals surface area contributed by atoms with Gasteiger partial charge in [-0.3, -0.25) is 4.79 Å². The third-order valence-corrected chi connectivity index (χ3v) is 5.21. The van der Waals surface area contributed by atoms with Gasteiger partial charge in [-0.1, -0.05) is 11.6 Å². The Hall–Kier alpha value is -2.55. The van der Waals surface area contributed by atoms with E-state index in [2.05, 4.69) is 10.1 Å². The van der Waals surface area contributed by atoms with Crippen LogP contribution in [0.3, 0.4) is 0 Å². The second kappa shape index (κ2) is 6.80. The van der Waals surface area contributed by atoms with E-state index in [0.717, 1.165) is 25.3 Å². The van der Waals surface area contributed by atoms with E-state index in [1.54, 1.807) is 11.0 Å². The summed E-state index contributed by atoms with van der Waals surface area (Å²) >= 11 is 6.28. The number of nitrogens with zero attached hydrogens (tertiary/aromatic N) is 4. The molecule has 1 aliphatic heterocycles. The summed E-state index contributed by atoms with van der Waals surface area (Å²) in [5, 5.41) is 3.68. The summed E-state index contributed by atoms with van der Waals surface area (Å²) in [4.78, 5) is 18.7. The highest BCUT2D eigenvalue weighted by Gasteiger charge is 2.37. The lowest BCUT2D eigenvalue weighted by Gasteiger charge is -2.32. The van der Waals surface area contributed by atoms with Gasteiger partial charge in [0.25, 0.3) is 5.91 Å². The van der Waals surface area contributed by atoms with Crippen LogP contribution in [0.25, 0.3) is 17.1 Å². The quantitative estimate of drug-likeness (QED) is 0.613. The monoisotopic (exact) mass is 412 g/mol. The standard InChI is InChI=1S/C18H16ClF3N4O2/c1-10-5-2-3-7-25(10)17(27)15-14(19)16-23-11(12-6-4-8-28-12)9-13(18(20,21)22)26(16)24-15/h4,6,8-10H,2-3,5,7H2,1H3. The Kier molecular flexibility index (Phi) is 4.57. The summed E-state index contributed by atoms with van der Waals surface area (Å²) in [5.41, 5.74) is -1.60. The molecule has 3 aromatic heterocycles. The minimum Gasteiger partial charge on any atom is -0.463 e. The molecule has 0 aliphatic carbocycles. The number of halogens is 4. The van der Waals surface area contributed by atoms with Crippen LogP contribution >= 0.6 is 11.6 Å². The lowest BCUT2D eigenvalue weighted by molar-refractivity contribution is -0.142. The Morgan fingerprint density at radius 3 is 2.79 bits per heavy atom. The predicted octanol–water partition coefficient (Wildman–Crippen LogP) is 4.68. The summed E-state index contributed by atoms with van der Waals surface area (Å²) < 4.78 is 46.7. The fraction of sp³-hybridized carbons (Fsp3) is 0.389. The molecule has 0 aromatic carbocycles. The third kappa shape index (κ3) is 3.13. The van der Waals surface area contributed by atoms with Crippen molar-refractivity contribution in [2.75, 3.05) is 6.54 Å². The molecule has 4 heterocycles. The molecule has 6 nitrogen and oxygen atoms in total. The van der Waals surface area contributed by atoms with Crippen LogP contribution in [0.5, 0.6) is 0 Å². The number of carbonyl (C=O) groups excluding carboxylic acids is 1. The molecule has 10 heteroatoms. The van der Waals surface area contributed by atoms with Crippen molar-refractivity contribution in [3.05, 3.63) is 40.9 Å². The molecular weight excluding hydrogens is 397 g/mol. The Morgan fingerprint density at radius 2 is 2.14 bits per heavy atom. The second-order valence-electron chi connectivity index (χ2n) is 6.74. The van der Waals surface area contributed by atoms with Gasteiger partial charge in [-0.05, 0) is 44.4 Å². The van der Waals surface area contributed by atoms with Crippen molar-refractivity contribution >= 4 is 23.2 Å². The summed E-state index contributed by atoms with van der Waals surface area (Å²) in [5.74, 6) is -0.335. The van der Waals surface area contributed by atoms with Crippen molar-refractivity contribution in [1.29, 1.82) is 0 Å². The Morgan fingerprint density at radius 1 is 1.36 bits per heavy atom. The highest BCUT2D eigenvalue weighted by molar-refractivity contribution is 6.36. The maximum atomic E-state index is 13.6. The van der Waals surface area contributed by atoms with Gasteiger partial charge >= 0.3 is 6.18 Å². The lowest BCUT2D eigenvalue weighted by atomic mass is 10.0. The molecule has 1 amide bonds. The Labute approximate surface area is 162 Å². The van der Waals surface area contributed by atoms with Gasteiger partial charge in [-0.25, -0.2) is 9.50 Å². The van der Waals surface area contributed by atoms with Crippen LogP contribution in [-0.2, 0) is 6.18 Å². The first kappa shape index (κ1) is 18.8. The maximum absolute atomic E-state index is 13.6. The van der Waals surface area contributed by atoms with E-state index in [9.17, 15) is 18.0 Å².